The maximum atomic E-state index is 12.1. The maximum Gasteiger partial charge on any atom is 0.281 e. The smallest absolute Gasteiger partial charge is 0.281 e. The lowest BCUT2D eigenvalue weighted by molar-refractivity contribution is -0.134. The van der Waals surface area contributed by atoms with Crippen molar-refractivity contribution in [1.82, 2.24) is 13.5 Å². The minimum Gasteiger partial charge on any atom is -0.339 e. The van der Waals surface area contributed by atoms with E-state index in [9.17, 15) is 13.2 Å². The van der Waals surface area contributed by atoms with Crippen LogP contribution in [-0.4, -0.2) is 74.2 Å². The second kappa shape index (κ2) is 6.84. The monoisotopic (exact) mass is 306 g/mol. The molecule has 1 saturated heterocycles. The van der Waals surface area contributed by atoms with Gasteiger partial charge in [-0.3, -0.25) is 4.79 Å². The number of carbonyl (C=O) groups excluding carboxylic acids is 1. The molecule has 1 amide bonds. The third-order valence-corrected chi connectivity index (χ3v) is 5.32. The Morgan fingerprint density at radius 1 is 1.20 bits per heavy atom. The average molecular weight is 306 g/mol. The zero-order chi connectivity index (χ0) is 15.5. The zero-order valence-electron chi connectivity index (χ0n) is 12.7. The molecular weight excluding hydrogens is 280 g/mol. The Bertz CT molecular complexity index is 428. The van der Waals surface area contributed by atoms with Gasteiger partial charge in [0.25, 0.3) is 10.2 Å². The highest BCUT2D eigenvalue weighted by atomic mass is 32.2. The Morgan fingerprint density at radius 3 is 2.10 bits per heavy atom. The molecule has 1 heterocycles. The summed E-state index contributed by atoms with van der Waals surface area (Å²) in [6.45, 7) is 5.49. The number of rotatable bonds is 5. The molecule has 0 aromatic carbocycles. The van der Waals surface area contributed by atoms with Crippen LogP contribution in [0.1, 0.15) is 20.3 Å². The summed E-state index contributed by atoms with van der Waals surface area (Å²) in [6.07, 6.45) is 0.648. The molecule has 0 saturated carbocycles. The summed E-state index contributed by atoms with van der Waals surface area (Å²) in [4.78, 5) is 13.8. The van der Waals surface area contributed by atoms with E-state index in [0.717, 1.165) is 0 Å². The Hall–Kier alpha value is -0.700. The second-order valence-electron chi connectivity index (χ2n) is 5.75. The van der Waals surface area contributed by atoms with Gasteiger partial charge in [-0.15, -0.1) is 0 Å². The first-order valence-corrected chi connectivity index (χ1v) is 8.28. The Kier molecular flexibility index (Phi) is 5.93. The first-order chi connectivity index (χ1) is 9.16. The average Bonchev–Trinajstić information content (AvgIpc) is 2.37. The molecule has 0 aliphatic carbocycles. The van der Waals surface area contributed by atoms with E-state index in [-0.39, 0.29) is 5.91 Å². The van der Waals surface area contributed by atoms with E-state index in [0.29, 0.717) is 38.5 Å². The van der Waals surface area contributed by atoms with Crippen molar-refractivity contribution in [3.8, 4) is 0 Å². The number of nitrogens with zero attached hydrogens (tertiary/aromatic N) is 3. The van der Waals surface area contributed by atoms with Crippen LogP contribution in [0.3, 0.4) is 0 Å². The van der Waals surface area contributed by atoms with Crippen LogP contribution in [0.5, 0.6) is 0 Å². The normalized spacial score (nSPS) is 19.6. The molecule has 1 aliphatic rings. The number of amides is 1. The van der Waals surface area contributed by atoms with E-state index < -0.39 is 16.3 Å². The van der Waals surface area contributed by atoms with Gasteiger partial charge in [0, 0.05) is 40.3 Å². The Balaban J connectivity index is 2.56. The van der Waals surface area contributed by atoms with E-state index in [1.807, 2.05) is 13.8 Å². The number of hydrogen-bond donors (Lipinski definition) is 1. The van der Waals surface area contributed by atoms with E-state index in [1.54, 1.807) is 4.90 Å². The number of carbonyl (C=O) groups is 1. The molecule has 1 rings (SSSR count). The molecule has 1 atom stereocenters. The van der Waals surface area contributed by atoms with Crippen molar-refractivity contribution < 1.29 is 13.2 Å². The second-order valence-corrected chi connectivity index (χ2v) is 7.89. The fourth-order valence-corrected chi connectivity index (χ4v) is 3.30. The molecule has 0 aromatic rings. The van der Waals surface area contributed by atoms with Gasteiger partial charge in [0.15, 0.2) is 0 Å². The van der Waals surface area contributed by atoms with Crippen LogP contribution in [-0.2, 0) is 15.0 Å². The predicted molar refractivity (Wildman–Crippen MR) is 78.2 cm³/mol. The van der Waals surface area contributed by atoms with Crippen LogP contribution >= 0.6 is 0 Å². The third-order valence-electron chi connectivity index (χ3n) is 3.38. The molecule has 2 N–H and O–H groups in total. The van der Waals surface area contributed by atoms with E-state index in [1.165, 1.54) is 22.7 Å². The SMILES string of the molecule is CC(C)CC(N)C(=O)N1CCN(S(=O)(=O)N(C)C)CC1. The van der Waals surface area contributed by atoms with Crippen molar-refractivity contribution in [2.24, 2.45) is 11.7 Å². The van der Waals surface area contributed by atoms with Crippen molar-refractivity contribution in [1.29, 1.82) is 0 Å². The summed E-state index contributed by atoms with van der Waals surface area (Å²) in [6, 6.07) is -0.494. The van der Waals surface area contributed by atoms with Gasteiger partial charge in [-0.25, -0.2) is 0 Å². The summed E-state index contributed by atoms with van der Waals surface area (Å²) in [5.74, 6) is 0.282. The van der Waals surface area contributed by atoms with Gasteiger partial charge < -0.3 is 10.6 Å². The van der Waals surface area contributed by atoms with Crippen molar-refractivity contribution >= 4 is 16.1 Å². The highest BCUT2D eigenvalue weighted by Gasteiger charge is 2.31. The summed E-state index contributed by atoms with van der Waals surface area (Å²) >= 11 is 0. The summed E-state index contributed by atoms with van der Waals surface area (Å²) < 4.78 is 26.5. The van der Waals surface area contributed by atoms with E-state index >= 15 is 0 Å². The first kappa shape index (κ1) is 17.4. The maximum absolute atomic E-state index is 12.1. The molecule has 0 spiro atoms. The van der Waals surface area contributed by atoms with Crippen molar-refractivity contribution in [2.75, 3.05) is 40.3 Å². The van der Waals surface area contributed by atoms with Gasteiger partial charge in [0.2, 0.25) is 5.91 Å². The topological polar surface area (TPSA) is 87.0 Å². The molecule has 7 nitrogen and oxygen atoms in total. The van der Waals surface area contributed by atoms with Gasteiger partial charge in [-0.2, -0.15) is 17.0 Å². The number of hydrogen-bond acceptors (Lipinski definition) is 4. The first-order valence-electron chi connectivity index (χ1n) is 6.88. The quantitative estimate of drug-likeness (QED) is 0.728. The molecular formula is C12H26N4O3S. The summed E-state index contributed by atoms with van der Waals surface area (Å²) in [5, 5.41) is 0. The largest absolute Gasteiger partial charge is 0.339 e. The van der Waals surface area contributed by atoms with Crippen molar-refractivity contribution in [2.45, 2.75) is 26.3 Å². The zero-order valence-corrected chi connectivity index (χ0v) is 13.6. The lowest BCUT2D eigenvalue weighted by Gasteiger charge is -2.36. The van der Waals surface area contributed by atoms with E-state index in [2.05, 4.69) is 0 Å². The predicted octanol–water partition coefficient (Wildman–Crippen LogP) is -0.690. The van der Waals surface area contributed by atoms with Crippen molar-refractivity contribution in [3.63, 3.8) is 0 Å². The molecule has 1 fully saturated rings. The number of nitrogens with two attached hydrogens (primary N) is 1. The number of piperazine rings is 1. The van der Waals surface area contributed by atoms with E-state index in [4.69, 9.17) is 5.73 Å². The highest BCUT2D eigenvalue weighted by molar-refractivity contribution is 7.86. The van der Waals surface area contributed by atoms with Gasteiger partial charge >= 0.3 is 0 Å². The fourth-order valence-electron chi connectivity index (χ4n) is 2.21. The highest BCUT2D eigenvalue weighted by Crippen LogP contribution is 2.12. The van der Waals surface area contributed by atoms with Crippen LogP contribution in [0, 0.1) is 5.92 Å². The van der Waals surface area contributed by atoms with Crippen LogP contribution < -0.4 is 5.73 Å². The van der Waals surface area contributed by atoms with Crippen LogP contribution in [0.25, 0.3) is 0 Å². The van der Waals surface area contributed by atoms with Gasteiger partial charge in [-0.1, -0.05) is 13.8 Å². The third kappa shape index (κ3) is 4.15. The van der Waals surface area contributed by atoms with Crippen LogP contribution in [0.2, 0.25) is 0 Å². The van der Waals surface area contributed by atoms with Gasteiger partial charge in [0.05, 0.1) is 6.04 Å². The van der Waals surface area contributed by atoms with Crippen LogP contribution in [0.4, 0.5) is 0 Å². The molecule has 0 aromatic heterocycles. The summed E-state index contributed by atoms with van der Waals surface area (Å²) in [7, 11) is -0.380. The Morgan fingerprint density at radius 2 is 1.70 bits per heavy atom. The molecule has 0 bridgehead atoms. The van der Waals surface area contributed by atoms with Gasteiger partial charge in [-0.05, 0) is 12.3 Å². The fraction of sp³-hybridized carbons (Fsp3) is 0.917. The standard InChI is InChI=1S/C12H26N4O3S/c1-10(2)9-11(13)12(17)15-5-7-16(8-6-15)20(18,19)14(3)4/h10-11H,5-9,13H2,1-4H3. The minimum absolute atomic E-state index is 0.0828. The molecule has 1 unspecified atom stereocenters. The lowest BCUT2D eigenvalue weighted by atomic mass is 10.0. The van der Waals surface area contributed by atoms with Gasteiger partial charge in [0.1, 0.15) is 0 Å². The molecule has 1 aliphatic heterocycles. The molecule has 0 radical (unpaired) electrons. The Labute approximate surface area is 121 Å². The minimum atomic E-state index is -3.39. The lowest BCUT2D eigenvalue weighted by Crippen LogP contribution is -2.56. The summed E-state index contributed by atoms with van der Waals surface area (Å²) in [5.41, 5.74) is 5.89. The van der Waals surface area contributed by atoms with Crippen LogP contribution in [0.15, 0.2) is 0 Å². The molecule has 20 heavy (non-hydrogen) atoms. The molecule has 118 valence electrons. The van der Waals surface area contributed by atoms with Crippen molar-refractivity contribution in [3.05, 3.63) is 0 Å². The molecule has 8 heteroatoms.